The van der Waals surface area contributed by atoms with Crippen LogP contribution in [-0.4, -0.2) is 25.2 Å². The van der Waals surface area contributed by atoms with Gasteiger partial charge in [-0.3, -0.25) is 4.79 Å². The third-order valence-electron chi connectivity index (χ3n) is 3.37. The molecule has 4 nitrogen and oxygen atoms in total. The summed E-state index contributed by atoms with van der Waals surface area (Å²) >= 11 is 3.38. The molecule has 3 rings (SSSR count). The van der Waals surface area contributed by atoms with Gasteiger partial charge in [-0.2, -0.15) is 0 Å². The summed E-state index contributed by atoms with van der Waals surface area (Å²) in [4.78, 5) is 12.0. The number of benzene rings is 2. The molecule has 1 aliphatic heterocycles. The molecule has 2 aromatic carbocycles. The Labute approximate surface area is 137 Å². The predicted molar refractivity (Wildman–Crippen MR) is 87.2 cm³/mol. The van der Waals surface area contributed by atoms with Gasteiger partial charge in [-0.05, 0) is 29.8 Å². The lowest BCUT2D eigenvalue weighted by molar-refractivity contribution is -0.120. The van der Waals surface area contributed by atoms with Gasteiger partial charge in [0.1, 0.15) is 12.7 Å². The maximum Gasteiger partial charge on any atom is 0.224 e. The highest BCUT2D eigenvalue weighted by molar-refractivity contribution is 9.10. The Bertz CT molecular complexity index is 657. The van der Waals surface area contributed by atoms with Crippen LogP contribution in [-0.2, 0) is 11.2 Å². The smallest absolute Gasteiger partial charge is 0.224 e. The van der Waals surface area contributed by atoms with E-state index in [4.69, 9.17) is 9.47 Å². The summed E-state index contributed by atoms with van der Waals surface area (Å²) < 4.78 is 12.4. The lowest BCUT2D eigenvalue weighted by Gasteiger charge is -2.26. The highest BCUT2D eigenvalue weighted by Gasteiger charge is 2.20. The summed E-state index contributed by atoms with van der Waals surface area (Å²) in [5, 5.41) is 2.89. The zero-order valence-electron chi connectivity index (χ0n) is 11.9. The number of ether oxygens (including phenoxy) is 2. The van der Waals surface area contributed by atoms with E-state index >= 15 is 0 Å². The van der Waals surface area contributed by atoms with Crippen molar-refractivity contribution in [2.45, 2.75) is 12.5 Å². The Hall–Kier alpha value is -2.01. The molecular formula is C17H16BrNO3. The van der Waals surface area contributed by atoms with Gasteiger partial charge in [-0.1, -0.05) is 40.2 Å². The molecule has 0 aliphatic carbocycles. The first-order valence-corrected chi connectivity index (χ1v) is 7.89. The molecule has 22 heavy (non-hydrogen) atoms. The monoisotopic (exact) mass is 361 g/mol. The van der Waals surface area contributed by atoms with E-state index in [0.717, 1.165) is 21.5 Å². The largest absolute Gasteiger partial charge is 0.486 e. The van der Waals surface area contributed by atoms with E-state index in [-0.39, 0.29) is 12.0 Å². The van der Waals surface area contributed by atoms with Crippen molar-refractivity contribution in [3.63, 3.8) is 0 Å². The highest BCUT2D eigenvalue weighted by Crippen LogP contribution is 2.30. The van der Waals surface area contributed by atoms with E-state index in [9.17, 15) is 4.79 Å². The predicted octanol–water partition coefficient (Wildman–Crippen LogP) is 2.95. The van der Waals surface area contributed by atoms with Crippen LogP contribution in [0.15, 0.2) is 53.0 Å². The van der Waals surface area contributed by atoms with E-state index in [0.29, 0.717) is 19.6 Å². The number of hydrogen-bond donors (Lipinski definition) is 1. The molecule has 1 heterocycles. The molecule has 0 bridgehead atoms. The number of halogens is 1. The molecule has 1 N–H and O–H groups in total. The third-order valence-corrected chi connectivity index (χ3v) is 3.90. The van der Waals surface area contributed by atoms with E-state index in [1.165, 1.54) is 0 Å². The summed E-state index contributed by atoms with van der Waals surface area (Å²) in [7, 11) is 0. The van der Waals surface area contributed by atoms with Crippen molar-refractivity contribution in [3.05, 3.63) is 58.6 Å². The van der Waals surface area contributed by atoms with Crippen molar-refractivity contribution in [1.29, 1.82) is 0 Å². The van der Waals surface area contributed by atoms with Gasteiger partial charge in [-0.15, -0.1) is 0 Å². The summed E-state index contributed by atoms with van der Waals surface area (Å²) in [5.74, 6) is 1.45. The van der Waals surface area contributed by atoms with Crippen molar-refractivity contribution < 1.29 is 14.3 Å². The van der Waals surface area contributed by atoms with Gasteiger partial charge in [0.05, 0.1) is 13.0 Å². The van der Waals surface area contributed by atoms with Crippen LogP contribution in [0.2, 0.25) is 0 Å². The number of hydrogen-bond acceptors (Lipinski definition) is 3. The summed E-state index contributed by atoms with van der Waals surface area (Å²) in [6.45, 7) is 0.874. The molecule has 0 saturated carbocycles. The standard InChI is InChI=1S/C17H16BrNO3/c18-13-7-5-12(6-8-13)9-17(20)19-10-14-11-21-15-3-1-2-4-16(15)22-14/h1-8,14H,9-11H2,(H,19,20)/t14-/m1/s1. The molecule has 0 aromatic heterocycles. The van der Waals surface area contributed by atoms with Crippen molar-refractivity contribution in [1.82, 2.24) is 5.32 Å². The van der Waals surface area contributed by atoms with Crippen LogP contribution in [0.1, 0.15) is 5.56 Å². The Morgan fingerprint density at radius 3 is 2.64 bits per heavy atom. The Balaban J connectivity index is 1.49. The van der Waals surface area contributed by atoms with Crippen LogP contribution in [0, 0.1) is 0 Å². The molecular weight excluding hydrogens is 346 g/mol. The second kappa shape index (κ2) is 6.83. The molecule has 2 aromatic rings. The van der Waals surface area contributed by atoms with Crippen LogP contribution in [0.3, 0.4) is 0 Å². The SMILES string of the molecule is O=C(Cc1ccc(Br)cc1)NC[C@@H]1COc2ccccc2O1. The molecule has 0 spiro atoms. The van der Waals surface area contributed by atoms with Crippen LogP contribution < -0.4 is 14.8 Å². The molecule has 0 radical (unpaired) electrons. The minimum atomic E-state index is -0.163. The highest BCUT2D eigenvalue weighted by atomic mass is 79.9. The zero-order valence-corrected chi connectivity index (χ0v) is 13.5. The zero-order chi connectivity index (χ0) is 15.4. The Kier molecular flexibility index (Phi) is 4.63. The van der Waals surface area contributed by atoms with Crippen molar-refractivity contribution >= 4 is 21.8 Å². The van der Waals surface area contributed by atoms with Crippen molar-refractivity contribution in [3.8, 4) is 11.5 Å². The minimum absolute atomic E-state index is 0.0234. The maximum atomic E-state index is 12.0. The van der Waals surface area contributed by atoms with Gasteiger partial charge in [0.25, 0.3) is 0 Å². The van der Waals surface area contributed by atoms with Gasteiger partial charge < -0.3 is 14.8 Å². The molecule has 0 saturated heterocycles. The number of nitrogens with one attached hydrogen (secondary N) is 1. The first-order valence-electron chi connectivity index (χ1n) is 7.10. The van der Waals surface area contributed by atoms with Crippen molar-refractivity contribution in [2.24, 2.45) is 0 Å². The topological polar surface area (TPSA) is 47.6 Å². The molecule has 114 valence electrons. The van der Waals surface area contributed by atoms with Gasteiger partial charge in [-0.25, -0.2) is 0 Å². The fraction of sp³-hybridized carbons (Fsp3) is 0.235. The maximum absolute atomic E-state index is 12.0. The average molecular weight is 362 g/mol. The summed E-state index contributed by atoms with van der Waals surface area (Å²) in [6, 6.07) is 15.3. The molecule has 0 fully saturated rings. The Morgan fingerprint density at radius 2 is 1.86 bits per heavy atom. The molecule has 5 heteroatoms. The van der Waals surface area contributed by atoms with Gasteiger partial charge >= 0.3 is 0 Å². The fourth-order valence-corrected chi connectivity index (χ4v) is 2.51. The number of para-hydroxylation sites is 2. The van der Waals surface area contributed by atoms with Crippen LogP contribution in [0.4, 0.5) is 0 Å². The summed E-state index contributed by atoms with van der Waals surface area (Å²) in [5.41, 5.74) is 0.979. The van der Waals surface area contributed by atoms with E-state index in [1.54, 1.807) is 0 Å². The van der Waals surface area contributed by atoms with Gasteiger partial charge in [0.15, 0.2) is 11.5 Å². The van der Waals surface area contributed by atoms with Crippen LogP contribution in [0.5, 0.6) is 11.5 Å². The number of carbonyl (C=O) groups excluding carboxylic acids is 1. The normalized spacial score (nSPS) is 16.1. The number of fused-ring (bicyclic) bond motifs is 1. The lowest BCUT2D eigenvalue weighted by Crippen LogP contribution is -2.41. The first-order chi connectivity index (χ1) is 10.7. The average Bonchev–Trinajstić information content (AvgIpc) is 2.55. The third kappa shape index (κ3) is 3.80. The van der Waals surface area contributed by atoms with Gasteiger partial charge in [0.2, 0.25) is 5.91 Å². The molecule has 1 atom stereocenters. The van der Waals surface area contributed by atoms with E-state index < -0.39 is 0 Å². The second-order valence-corrected chi connectivity index (χ2v) is 6.02. The Morgan fingerprint density at radius 1 is 1.14 bits per heavy atom. The number of carbonyl (C=O) groups is 1. The number of rotatable bonds is 4. The van der Waals surface area contributed by atoms with E-state index in [1.807, 2.05) is 48.5 Å². The first kappa shape index (κ1) is 14.9. The summed E-state index contributed by atoms with van der Waals surface area (Å²) in [6.07, 6.45) is 0.195. The second-order valence-electron chi connectivity index (χ2n) is 5.10. The van der Waals surface area contributed by atoms with Crippen LogP contribution in [0.25, 0.3) is 0 Å². The van der Waals surface area contributed by atoms with Crippen molar-refractivity contribution in [2.75, 3.05) is 13.2 Å². The number of amides is 1. The minimum Gasteiger partial charge on any atom is -0.486 e. The lowest BCUT2D eigenvalue weighted by atomic mass is 10.1. The quantitative estimate of drug-likeness (QED) is 0.910. The van der Waals surface area contributed by atoms with E-state index in [2.05, 4.69) is 21.2 Å². The molecule has 1 amide bonds. The fourth-order valence-electron chi connectivity index (χ4n) is 2.24. The van der Waals surface area contributed by atoms with Crippen LogP contribution >= 0.6 is 15.9 Å². The molecule has 1 aliphatic rings. The molecule has 0 unspecified atom stereocenters. The van der Waals surface area contributed by atoms with Gasteiger partial charge in [0, 0.05) is 4.47 Å².